The van der Waals surface area contributed by atoms with Crippen LogP contribution in [0.5, 0.6) is 0 Å². The molecule has 2 fully saturated rings. The Morgan fingerprint density at radius 2 is 2.22 bits per heavy atom. The van der Waals surface area contributed by atoms with Gasteiger partial charge >= 0.3 is 0 Å². The molecule has 0 bridgehead atoms. The van der Waals surface area contributed by atoms with Crippen LogP contribution in [0, 0.1) is 5.92 Å². The molecule has 2 N–H and O–H groups in total. The van der Waals surface area contributed by atoms with Gasteiger partial charge in [-0.15, -0.1) is 11.3 Å². The number of thiophene rings is 1. The monoisotopic (exact) mass is 264 g/mol. The van der Waals surface area contributed by atoms with Gasteiger partial charge in [0.2, 0.25) is 5.91 Å². The van der Waals surface area contributed by atoms with Crippen molar-refractivity contribution in [2.75, 3.05) is 6.54 Å². The molecule has 1 unspecified atom stereocenters. The van der Waals surface area contributed by atoms with Crippen molar-refractivity contribution in [1.29, 1.82) is 0 Å². The fourth-order valence-electron chi connectivity index (χ4n) is 2.27. The van der Waals surface area contributed by atoms with E-state index in [9.17, 15) is 4.79 Å². The molecule has 2 aliphatic rings. The molecule has 1 amide bonds. The van der Waals surface area contributed by atoms with Crippen molar-refractivity contribution in [2.45, 2.75) is 44.2 Å². The van der Waals surface area contributed by atoms with Gasteiger partial charge in [-0.05, 0) is 43.0 Å². The lowest BCUT2D eigenvalue weighted by molar-refractivity contribution is -0.121. The Labute approximate surface area is 112 Å². The maximum absolute atomic E-state index is 11.6. The summed E-state index contributed by atoms with van der Waals surface area (Å²) in [6, 6.07) is 5.26. The smallest absolute Gasteiger partial charge is 0.221 e. The van der Waals surface area contributed by atoms with E-state index in [1.807, 2.05) is 11.3 Å². The minimum absolute atomic E-state index is 0.200. The van der Waals surface area contributed by atoms with Gasteiger partial charge in [0.15, 0.2) is 0 Å². The van der Waals surface area contributed by atoms with Crippen LogP contribution in [0.2, 0.25) is 0 Å². The van der Waals surface area contributed by atoms with Gasteiger partial charge in [0.05, 0.1) is 0 Å². The third-order valence-electron chi connectivity index (χ3n) is 3.60. The molecule has 2 saturated carbocycles. The van der Waals surface area contributed by atoms with Gasteiger partial charge < -0.3 is 10.6 Å². The molecular weight excluding hydrogens is 244 g/mol. The standard InChI is InChI=1S/C14H20N2OS/c17-13(16-11-5-6-11)7-8-15-14(10-3-4-10)12-2-1-9-18-12/h1-2,9-11,14-15H,3-8H2,(H,16,17). The van der Waals surface area contributed by atoms with Crippen molar-refractivity contribution in [3.8, 4) is 0 Å². The number of rotatable bonds is 7. The SMILES string of the molecule is O=C(CCNC(c1cccs1)C1CC1)NC1CC1. The summed E-state index contributed by atoms with van der Waals surface area (Å²) in [5, 5.41) is 8.72. The van der Waals surface area contributed by atoms with E-state index in [4.69, 9.17) is 0 Å². The lowest BCUT2D eigenvalue weighted by Gasteiger charge is -2.16. The molecular formula is C14H20N2OS. The van der Waals surface area contributed by atoms with E-state index < -0.39 is 0 Å². The van der Waals surface area contributed by atoms with Gasteiger partial charge in [0.25, 0.3) is 0 Å². The minimum Gasteiger partial charge on any atom is -0.353 e. The summed E-state index contributed by atoms with van der Waals surface area (Å²) in [5.41, 5.74) is 0. The Balaban J connectivity index is 1.43. The number of nitrogens with one attached hydrogen (secondary N) is 2. The van der Waals surface area contributed by atoms with Gasteiger partial charge in [-0.25, -0.2) is 0 Å². The van der Waals surface area contributed by atoms with E-state index in [0.717, 1.165) is 12.5 Å². The summed E-state index contributed by atoms with van der Waals surface area (Å²) in [7, 11) is 0. The van der Waals surface area contributed by atoms with Gasteiger partial charge in [-0.1, -0.05) is 6.07 Å². The number of carbonyl (C=O) groups excluding carboxylic acids is 1. The molecule has 3 nitrogen and oxygen atoms in total. The molecule has 2 aliphatic carbocycles. The predicted molar refractivity (Wildman–Crippen MR) is 73.6 cm³/mol. The molecule has 0 aromatic carbocycles. The lowest BCUT2D eigenvalue weighted by Crippen LogP contribution is -2.31. The Bertz CT molecular complexity index is 396. The average molecular weight is 264 g/mol. The third kappa shape index (κ3) is 3.33. The van der Waals surface area contributed by atoms with Crippen molar-refractivity contribution in [3.63, 3.8) is 0 Å². The van der Waals surface area contributed by atoms with Gasteiger partial charge in [-0.3, -0.25) is 4.79 Å². The quantitative estimate of drug-likeness (QED) is 0.794. The number of hydrogen-bond donors (Lipinski definition) is 2. The Morgan fingerprint density at radius 3 is 2.83 bits per heavy atom. The second kappa shape index (κ2) is 5.41. The summed E-state index contributed by atoms with van der Waals surface area (Å²) in [6.45, 7) is 0.789. The van der Waals surface area contributed by atoms with Crippen molar-refractivity contribution in [3.05, 3.63) is 22.4 Å². The first kappa shape index (κ1) is 12.2. The molecule has 18 heavy (non-hydrogen) atoms. The van der Waals surface area contributed by atoms with Crippen molar-refractivity contribution in [1.82, 2.24) is 10.6 Å². The van der Waals surface area contributed by atoms with E-state index in [-0.39, 0.29) is 5.91 Å². The Kier molecular flexibility index (Phi) is 3.66. The topological polar surface area (TPSA) is 41.1 Å². The fraction of sp³-hybridized carbons (Fsp3) is 0.643. The van der Waals surface area contributed by atoms with Crippen LogP contribution in [0.25, 0.3) is 0 Å². The Hall–Kier alpha value is -0.870. The maximum atomic E-state index is 11.6. The highest BCUT2D eigenvalue weighted by Gasteiger charge is 2.32. The van der Waals surface area contributed by atoms with E-state index in [1.165, 1.54) is 30.6 Å². The van der Waals surface area contributed by atoms with Gasteiger partial charge in [-0.2, -0.15) is 0 Å². The minimum atomic E-state index is 0.200. The van der Waals surface area contributed by atoms with Crippen LogP contribution in [-0.2, 0) is 4.79 Å². The van der Waals surface area contributed by atoms with Crippen LogP contribution in [-0.4, -0.2) is 18.5 Å². The first-order chi connectivity index (χ1) is 8.83. The second-order valence-corrected chi connectivity index (χ2v) is 6.36. The van der Waals surface area contributed by atoms with Crippen LogP contribution >= 0.6 is 11.3 Å². The molecule has 0 spiro atoms. The highest BCUT2D eigenvalue weighted by Crippen LogP contribution is 2.42. The van der Waals surface area contributed by atoms with Crippen LogP contribution in [0.1, 0.15) is 43.0 Å². The fourth-order valence-corrected chi connectivity index (χ4v) is 3.16. The summed E-state index contributed by atoms with van der Waals surface area (Å²) in [5.74, 6) is 0.987. The zero-order valence-electron chi connectivity index (χ0n) is 10.5. The van der Waals surface area contributed by atoms with E-state index in [2.05, 4.69) is 28.1 Å². The molecule has 3 rings (SSSR count). The normalized spacial score (nSPS) is 20.7. The van der Waals surface area contributed by atoms with Crippen LogP contribution in [0.15, 0.2) is 17.5 Å². The zero-order chi connectivity index (χ0) is 12.4. The van der Waals surface area contributed by atoms with E-state index in [1.54, 1.807) is 0 Å². The first-order valence-electron chi connectivity index (χ1n) is 6.89. The number of hydrogen-bond acceptors (Lipinski definition) is 3. The van der Waals surface area contributed by atoms with Crippen molar-refractivity contribution in [2.24, 2.45) is 5.92 Å². The molecule has 4 heteroatoms. The molecule has 1 heterocycles. The predicted octanol–water partition coefficient (Wildman–Crippen LogP) is 2.46. The molecule has 0 radical (unpaired) electrons. The summed E-state index contributed by atoms with van der Waals surface area (Å²) in [4.78, 5) is 13.0. The first-order valence-corrected chi connectivity index (χ1v) is 7.77. The summed E-state index contributed by atoms with van der Waals surface area (Å²) in [6.07, 6.45) is 5.58. The van der Waals surface area contributed by atoms with Crippen LogP contribution in [0.3, 0.4) is 0 Å². The van der Waals surface area contributed by atoms with Crippen LogP contribution in [0.4, 0.5) is 0 Å². The van der Waals surface area contributed by atoms with Crippen molar-refractivity contribution < 1.29 is 4.79 Å². The highest BCUT2D eigenvalue weighted by molar-refractivity contribution is 7.10. The molecule has 98 valence electrons. The largest absolute Gasteiger partial charge is 0.353 e. The van der Waals surface area contributed by atoms with Crippen molar-refractivity contribution >= 4 is 17.2 Å². The third-order valence-corrected chi connectivity index (χ3v) is 4.56. The molecule has 0 aliphatic heterocycles. The van der Waals surface area contributed by atoms with Crippen LogP contribution < -0.4 is 10.6 Å². The van der Waals surface area contributed by atoms with Gasteiger partial charge in [0.1, 0.15) is 0 Å². The number of carbonyl (C=O) groups is 1. The van der Waals surface area contributed by atoms with Gasteiger partial charge in [0, 0.05) is 29.9 Å². The number of amides is 1. The molecule has 1 atom stereocenters. The molecule has 0 saturated heterocycles. The Morgan fingerprint density at radius 1 is 1.39 bits per heavy atom. The molecule has 1 aromatic heterocycles. The highest BCUT2D eigenvalue weighted by atomic mass is 32.1. The summed E-state index contributed by atoms with van der Waals surface area (Å²) >= 11 is 1.82. The average Bonchev–Trinajstić information content (AvgIpc) is 3.27. The molecule has 1 aromatic rings. The lowest BCUT2D eigenvalue weighted by atomic mass is 10.1. The second-order valence-electron chi connectivity index (χ2n) is 5.38. The zero-order valence-corrected chi connectivity index (χ0v) is 11.3. The summed E-state index contributed by atoms with van der Waals surface area (Å²) < 4.78 is 0. The van der Waals surface area contributed by atoms with E-state index >= 15 is 0 Å². The van der Waals surface area contributed by atoms with E-state index in [0.29, 0.717) is 18.5 Å². The maximum Gasteiger partial charge on any atom is 0.221 e.